The molecule has 1 amide bonds. The number of carbonyl (C=O) groups is 1. The van der Waals surface area contributed by atoms with Gasteiger partial charge in [-0.2, -0.15) is 24.3 Å². The molecular formula is C22H19FFeN3O2-. The van der Waals surface area contributed by atoms with E-state index in [1.165, 1.54) is 18.2 Å². The monoisotopic (exact) mass is 432 g/mol. The Morgan fingerprint density at radius 1 is 1.07 bits per heavy atom. The quantitative estimate of drug-likeness (QED) is 0.504. The maximum absolute atomic E-state index is 13.8. The number of pyridine rings is 1. The van der Waals surface area contributed by atoms with E-state index in [0.29, 0.717) is 23.4 Å². The standard InChI is InChI=1S/C22H19FN3O2.Fe/c1-3-15-12-16(23)8-9-19(15)25-13-26(18-10-11-21(27)24-14(18)2)22(28)17-6-4-5-7-20(17)25;/h4,6-12H,3,13H2,1-2H3,(H,24,27);/q-1;. The maximum atomic E-state index is 13.8. The molecule has 0 aliphatic carbocycles. The molecule has 1 aliphatic heterocycles. The number of H-pyrrole nitrogens is 1. The zero-order valence-electron chi connectivity index (χ0n) is 16.0. The minimum atomic E-state index is -0.290. The zero-order valence-corrected chi connectivity index (χ0v) is 17.1. The van der Waals surface area contributed by atoms with E-state index in [1.54, 1.807) is 42.2 Å². The topological polar surface area (TPSA) is 56.4 Å². The van der Waals surface area contributed by atoms with E-state index in [-0.39, 0.29) is 41.0 Å². The predicted octanol–water partition coefficient (Wildman–Crippen LogP) is 3.94. The molecule has 0 bridgehead atoms. The summed E-state index contributed by atoms with van der Waals surface area (Å²) in [5.74, 6) is -0.447. The van der Waals surface area contributed by atoms with Gasteiger partial charge in [-0.05, 0) is 48.7 Å². The van der Waals surface area contributed by atoms with Crippen molar-refractivity contribution < 1.29 is 26.3 Å². The second-order valence-corrected chi connectivity index (χ2v) is 6.71. The summed E-state index contributed by atoms with van der Waals surface area (Å²) in [5, 5.41) is 0. The van der Waals surface area contributed by atoms with Crippen molar-refractivity contribution in [2.45, 2.75) is 20.3 Å². The van der Waals surface area contributed by atoms with Gasteiger partial charge in [0.15, 0.2) is 0 Å². The fourth-order valence-corrected chi connectivity index (χ4v) is 3.61. The van der Waals surface area contributed by atoms with Crippen LogP contribution in [-0.4, -0.2) is 17.6 Å². The molecule has 2 heterocycles. The number of amides is 1. The van der Waals surface area contributed by atoms with Crippen LogP contribution >= 0.6 is 0 Å². The van der Waals surface area contributed by atoms with Gasteiger partial charge in [0.25, 0.3) is 0 Å². The molecule has 1 N–H and O–H groups in total. The molecule has 4 rings (SSSR count). The summed E-state index contributed by atoms with van der Waals surface area (Å²) in [7, 11) is 0. The van der Waals surface area contributed by atoms with Gasteiger partial charge in [-0.25, -0.2) is 4.39 Å². The molecule has 0 saturated heterocycles. The molecule has 2 aromatic carbocycles. The van der Waals surface area contributed by atoms with Crippen LogP contribution in [0.3, 0.4) is 0 Å². The minimum absolute atomic E-state index is 0. The van der Waals surface area contributed by atoms with Gasteiger partial charge in [-0.3, -0.25) is 14.5 Å². The molecule has 5 nitrogen and oxygen atoms in total. The van der Waals surface area contributed by atoms with Crippen LogP contribution in [0, 0.1) is 18.8 Å². The van der Waals surface area contributed by atoms with Crippen molar-refractivity contribution in [2.75, 3.05) is 16.5 Å². The summed E-state index contributed by atoms with van der Waals surface area (Å²) < 4.78 is 13.8. The third kappa shape index (κ3) is 3.71. The number of aromatic nitrogens is 1. The van der Waals surface area contributed by atoms with Crippen LogP contribution in [0.1, 0.15) is 28.5 Å². The number of nitrogens with one attached hydrogen (secondary N) is 1. The van der Waals surface area contributed by atoms with Crippen LogP contribution in [-0.2, 0) is 23.5 Å². The molecule has 1 aliphatic rings. The van der Waals surface area contributed by atoms with Crippen LogP contribution in [0.4, 0.5) is 21.5 Å². The van der Waals surface area contributed by atoms with E-state index in [1.807, 2.05) is 11.8 Å². The number of fused-ring (bicyclic) bond motifs is 1. The summed E-state index contributed by atoms with van der Waals surface area (Å²) >= 11 is 0. The van der Waals surface area contributed by atoms with Crippen molar-refractivity contribution >= 4 is 23.0 Å². The summed E-state index contributed by atoms with van der Waals surface area (Å²) in [6.07, 6.45) is 0.654. The fourth-order valence-electron chi connectivity index (χ4n) is 3.61. The molecule has 0 unspecified atom stereocenters. The number of rotatable bonds is 3. The number of aromatic amines is 1. The number of hydrogen-bond donors (Lipinski definition) is 1. The Morgan fingerprint density at radius 3 is 2.55 bits per heavy atom. The molecular weight excluding hydrogens is 413 g/mol. The van der Waals surface area contributed by atoms with Crippen molar-refractivity contribution in [3.8, 4) is 0 Å². The first-order valence-electron chi connectivity index (χ1n) is 9.07. The summed E-state index contributed by atoms with van der Waals surface area (Å²) in [6, 6.07) is 16.0. The van der Waals surface area contributed by atoms with Gasteiger partial charge in [0.1, 0.15) is 5.82 Å². The molecule has 150 valence electrons. The van der Waals surface area contributed by atoms with Crippen molar-refractivity contribution in [3.63, 3.8) is 0 Å². The van der Waals surface area contributed by atoms with E-state index in [4.69, 9.17) is 0 Å². The van der Waals surface area contributed by atoms with Gasteiger partial charge < -0.3 is 9.88 Å². The average molecular weight is 432 g/mol. The molecule has 29 heavy (non-hydrogen) atoms. The Morgan fingerprint density at radius 2 is 1.83 bits per heavy atom. The first kappa shape index (κ1) is 20.8. The molecule has 0 spiro atoms. The third-order valence-electron chi connectivity index (χ3n) is 4.98. The Labute approximate surface area is 178 Å². The van der Waals surface area contributed by atoms with E-state index in [9.17, 15) is 14.0 Å². The minimum Gasteiger partial charge on any atom is -0.377 e. The molecule has 7 heteroatoms. The van der Waals surface area contributed by atoms with E-state index in [0.717, 1.165) is 16.9 Å². The molecule has 0 saturated carbocycles. The van der Waals surface area contributed by atoms with E-state index < -0.39 is 0 Å². The Hall–Kier alpha value is -2.89. The predicted molar refractivity (Wildman–Crippen MR) is 107 cm³/mol. The Bertz CT molecular complexity index is 1130. The maximum Gasteiger partial charge on any atom is 0.248 e. The van der Waals surface area contributed by atoms with Gasteiger partial charge in [0, 0.05) is 34.5 Å². The number of anilines is 3. The Kier molecular flexibility index (Phi) is 5.91. The van der Waals surface area contributed by atoms with Crippen molar-refractivity contribution in [1.82, 2.24) is 4.98 Å². The van der Waals surface area contributed by atoms with Crippen molar-refractivity contribution in [2.24, 2.45) is 0 Å². The van der Waals surface area contributed by atoms with E-state index in [2.05, 4.69) is 11.1 Å². The molecule has 0 atom stereocenters. The molecule has 0 fully saturated rings. The molecule has 1 aromatic heterocycles. The van der Waals surface area contributed by atoms with Gasteiger partial charge >= 0.3 is 0 Å². The first-order chi connectivity index (χ1) is 13.5. The average Bonchev–Trinajstić information content (AvgIpc) is 2.69. The van der Waals surface area contributed by atoms with Gasteiger partial charge in [-0.1, -0.05) is 12.6 Å². The number of carbonyl (C=O) groups excluding carboxylic acids is 1. The summed E-state index contributed by atoms with van der Waals surface area (Å²) in [5.41, 5.74) is 3.97. The summed E-state index contributed by atoms with van der Waals surface area (Å²) in [4.78, 5) is 31.1. The smallest absolute Gasteiger partial charge is 0.248 e. The number of hydrogen-bond acceptors (Lipinski definition) is 3. The normalized spacial score (nSPS) is 13.1. The van der Waals surface area contributed by atoms with Crippen molar-refractivity contribution in [3.05, 3.63) is 87.6 Å². The molecule has 0 radical (unpaired) electrons. The number of halogens is 1. The van der Waals surface area contributed by atoms with Crippen LogP contribution in [0.15, 0.2) is 53.3 Å². The number of aryl methyl sites for hydroxylation is 2. The van der Waals surface area contributed by atoms with Crippen LogP contribution in [0.2, 0.25) is 0 Å². The molecule has 3 aromatic rings. The summed E-state index contributed by atoms with van der Waals surface area (Å²) in [6.45, 7) is 3.97. The van der Waals surface area contributed by atoms with Gasteiger partial charge in [0.2, 0.25) is 11.5 Å². The number of benzene rings is 2. The largest absolute Gasteiger partial charge is 0.377 e. The van der Waals surface area contributed by atoms with Crippen LogP contribution in [0.5, 0.6) is 0 Å². The van der Waals surface area contributed by atoms with Crippen LogP contribution < -0.4 is 15.4 Å². The third-order valence-corrected chi connectivity index (χ3v) is 4.98. The first-order valence-corrected chi connectivity index (χ1v) is 9.07. The van der Waals surface area contributed by atoms with Gasteiger partial charge in [0.05, 0.1) is 12.4 Å². The zero-order chi connectivity index (χ0) is 19.8. The number of nitrogens with zero attached hydrogens (tertiary/aromatic N) is 2. The SMILES string of the molecule is CCc1cc(F)ccc1N1CN(c2ccc(=O)[nH]c2C)C(=O)c2cc[c-]cc21.[Fe]. The fraction of sp³-hybridized carbons (Fsp3) is 0.182. The second kappa shape index (κ2) is 8.23. The Balaban J connectivity index is 0.00000240. The van der Waals surface area contributed by atoms with E-state index >= 15 is 0 Å². The van der Waals surface area contributed by atoms with Crippen LogP contribution in [0.25, 0.3) is 0 Å². The van der Waals surface area contributed by atoms with Crippen molar-refractivity contribution in [1.29, 1.82) is 0 Å². The second-order valence-electron chi connectivity index (χ2n) is 6.71. The van der Waals surface area contributed by atoms with Gasteiger partial charge in [-0.15, -0.1) is 0 Å².